The molecule has 1 unspecified atom stereocenters. The van der Waals surface area contributed by atoms with Crippen molar-refractivity contribution in [3.05, 3.63) is 35.9 Å². The van der Waals surface area contributed by atoms with E-state index >= 15 is 0 Å². The van der Waals surface area contributed by atoms with Crippen molar-refractivity contribution in [2.24, 2.45) is 5.92 Å². The first-order valence-electron chi connectivity index (χ1n) is 7.29. The lowest BCUT2D eigenvalue weighted by Gasteiger charge is -2.15. The third-order valence-corrected chi connectivity index (χ3v) is 3.33. The van der Waals surface area contributed by atoms with Gasteiger partial charge in [0, 0.05) is 6.08 Å². The second-order valence-corrected chi connectivity index (χ2v) is 4.97. The molecule has 0 spiro atoms. The Morgan fingerprint density at radius 1 is 1.30 bits per heavy atom. The van der Waals surface area contributed by atoms with Crippen molar-refractivity contribution in [3.8, 4) is 5.75 Å². The van der Waals surface area contributed by atoms with Gasteiger partial charge in [0.1, 0.15) is 5.75 Å². The number of unbranched alkanes of at least 4 members (excludes halogenated alkanes) is 1. The Kier molecular flexibility index (Phi) is 7.48. The lowest BCUT2D eigenvalue weighted by molar-refractivity contribution is -0.131. The summed E-state index contributed by atoms with van der Waals surface area (Å²) in [6, 6.07) is 7.49. The van der Waals surface area contributed by atoms with Gasteiger partial charge in [0.15, 0.2) is 0 Å². The number of ether oxygens (including phenoxy) is 1. The van der Waals surface area contributed by atoms with Crippen LogP contribution in [0.3, 0.4) is 0 Å². The first kappa shape index (κ1) is 16.3. The van der Waals surface area contributed by atoms with E-state index in [1.54, 1.807) is 6.08 Å². The Morgan fingerprint density at radius 2 is 2.00 bits per heavy atom. The Balaban J connectivity index is 2.46. The van der Waals surface area contributed by atoms with E-state index in [-0.39, 0.29) is 0 Å². The molecule has 1 N–H and O–H groups in total. The fraction of sp³-hybridized carbons (Fsp3) is 0.471. The summed E-state index contributed by atoms with van der Waals surface area (Å²) in [4.78, 5) is 10.4. The van der Waals surface area contributed by atoms with Gasteiger partial charge in [-0.2, -0.15) is 0 Å². The number of carbonyl (C=O) groups is 1. The monoisotopic (exact) mass is 276 g/mol. The van der Waals surface area contributed by atoms with Crippen LogP contribution in [0.5, 0.6) is 5.75 Å². The normalized spacial score (nSPS) is 12.5. The van der Waals surface area contributed by atoms with Crippen LogP contribution in [-0.4, -0.2) is 17.7 Å². The number of rotatable bonds is 9. The number of carboxylic acid groups (broad SMARTS) is 1. The van der Waals surface area contributed by atoms with Gasteiger partial charge < -0.3 is 9.84 Å². The van der Waals surface area contributed by atoms with Crippen LogP contribution in [0.25, 0.3) is 6.08 Å². The average molecular weight is 276 g/mol. The quantitative estimate of drug-likeness (QED) is 0.681. The van der Waals surface area contributed by atoms with E-state index in [4.69, 9.17) is 9.84 Å². The maximum absolute atomic E-state index is 10.4. The molecule has 3 nitrogen and oxygen atoms in total. The Morgan fingerprint density at radius 3 is 2.55 bits per heavy atom. The van der Waals surface area contributed by atoms with Gasteiger partial charge in [-0.15, -0.1) is 0 Å². The number of carboxylic acids is 1. The molecule has 0 saturated carbocycles. The topological polar surface area (TPSA) is 46.5 Å². The van der Waals surface area contributed by atoms with Gasteiger partial charge >= 0.3 is 5.97 Å². The van der Waals surface area contributed by atoms with Crippen LogP contribution in [0.2, 0.25) is 0 Å². The maximum Gasteiger partial charge on any atom is 0.328 e. The third kappa shape index (κ3) is 6.41. The van der Waals surface area contributed by atoms with E-state index in [2.05, 4.69) is 13.8 Å². The molecule has 110 valence electrons. The molecule has 1 aromatic rings. The Bertz CT molecular complexity index is 420. The van der Waals surface area contributed by atoms with Crippen molar-refractivity contribution in [2.75, 3.05) is 6.61 Å². The van der Waals surface area contributed by atoms with Crippen LogP contribution in [0.1, 0.15) is 45.1 Å². The first-order chi connectivity index (χ1) is 9.65. The van der Waals surface area contributed by atoms with Crippen molar-refractivity contribution >= 4 is 12.0 Å². The highest BCUT2D eigenvalue weighted by Crippen LogP contribution is 2.17. The first-order valence-corrected chi connectivity index (χ1v) is 7.29. The summed E-state index contributed by atoms with van der Waals surface area (Å²) in [5.74, 6) is 0.515. The molecule has 0 radical (unpaired) electrons. The van der Waals surface area contributed by atoms with Gasteiger partial charge in [0.05, 0.1) is 6.61 Å². The zero-order valence-corrected chi connectivity index (χ0v) is 12.3. The highest BCUT2D eigenvalue weighted by Gasteiger charge is 2.06. The summed E-state index contributed by atoms with van der Waals surface area (Å²) >= 11 is 0. The molecular weight excluding hydrogens is 252 g/mol. The standard InChI is InChI=1S/C17H24O3/c1-3-5-6-14(4-2)13-20-16-10-7-15(8-11-16)9-12-17(18)19/h7-12,14H,3-6,13H2,1-2H3,(H,18,19)/b12-9+. The van der Waals surface area contributed by atoms with Gasteiger partial charge in [0.2, 0.25) is 0 Å². The number of aliphatic carboxylic acids is 1. The second-order valence-electron chi connectivity index (χ2n) is 4.97. The van der Waals surface area contributed by atoms with Crippen molar-refractivity contribution in [3.63, 3.8) is 0 Å². The van der Waals surface area contributed by atoms with Crippen molar-refractivity contribution in [2.45, 2.75) is 39.5 Å². The third-order valence-electron chi connectivity index (χ3n) is 3.33. The van der Waals surface area contributed by atoms with Crippen LogP contribution < -0.4 is 4.74 Å². The molecule has 1 aromatic carbocycles. The van der Waals surface area contributed by atoms with Gasteiger partial charge in [0.25, 0.3) is 0 Å². The Labute approximate surface area is 121 Å². The lowest BCUT2D eigenvalue weighted by atomic mass is 10.0. The average Bonchev–Trinajstić information content (AvgIpc) is 2.46. The van der Waals surface area contributed by atoms with Crippen molar-refractivity contribution in [1.82, 2.24) is 0 Å². The highest BCUT2D eigenvalue weighted by molar-refractivity contribution is 5.85. The minimum Gasteiger partial charge on any atom is -0.493 e. The number of hydrogen-bond donors (Lipinski definition) is 1. The van der Waals surface area contributed by atoms with E-state index in [0.29, 0.717) is 5.92 Å². The van der Waals surface area contributed by atoms with Crippen LogP contribution in [0.15, 0.2) is 30.3 Å². The summed E-state index contributed by atoms with van der Waals surface area (Å²) in [6.07, 6.45) is 7.53. The zero-order chi connectivity index (χ0) is 14.8. The zero-order valence-electron chi connectivity index (χ0n) is 12.3. The van der Waals surface area contributed by atoms with E-state index in [9.17, 15) is 4.79 Å². The van der Waals surface area contributed by atoms with Gasteiger partial charge in [-0.25, -0.2) is 4.79 Å². The second kappa shape index (κ2) is 9.18. The molecule has 0 bridgehead atoms. The van der Waals surface area contributed by atoms with Crippen LogP contribution in [0.4, 0.5) is 0 Å². The number of benzene rings is 1. The molecule has 1 atom stereocenters. The van der Waals surface area contributed by atoms with Gasteiger partial charge in [-0.3, -0.25) is 0 Å². The summed E-state index contributed by atoms with van der Waals surface area (Å²) in [7, 11) is 0. The van der Waals surface area contributed by atoms with Crippen molar-refractivity contribution < 1.29 is 14.6 Å². The molecule has 20 heavy (non-hydrogen) atoms. The summed E-state index contributed by atoms with van der Waals surface area (Å²) in [6.45, 7) is 5.15. The molecule has 1 rings (SSSR count). The smallest absolute Gasteiger partial charge is 0.328 e. The molecule has 0 aromatic heterocycles. The molecule has 0 fully saturated rings. The maximum atomic E-state index is 10.4. The fourth-order valence-electron chi connectivity index (χ4n) is 1.95. The largest absolute Gasteiger partial charge is 0.493 e. The molecule has 0 heterocycles. The summed E-state index contributed by atoms with van der Waals surface area (Å²) in [5, 5.41) is 8.56. The van der Waals surface area contributed by atoms with Crippen LogP contribution >= 0.6 is 0 Å². The Hall–Kier alpha value is -1.77. The van der Waals surface area contributed by atoms with Crippen molar-refractivity contribution in [1.29, 1.82) is 0 Å². The molecule has 0 saturated heterocycles. The van der Waals surface area contributed by atoms with E-state index < -0.39 is 5.97 Å². The van der Waals surface area contributed by atoms with Gasteiger partial charge in [-0.05, 0) is 36.1 Å². The summed E-state index contributed by atoms with van der Waals surface area (Å²) in [5.41, 5.74) is 0.859. The van der Waals surface area contributed by atoms with E-state index in [1.165, 1.54) is 19.3 Å². The highest BCUT2D eigenvalue weighted by atomic mass is 16.5. The fourth-order valence-corrected chi connectivity index (χ4v) is 1.95. The van der Waals surface area contributed by atoms with E-state index in [0.717, 1.165) is 30.4 Å². The van der Waals surface area contributed by atoms with Crippen LogP contribution in [0, 0.1) is 5.92 Å². The minimum atomic E-state index is -0.938. The predicted molar refractivity (Wildman–Crippen MR) is 81.9 cm³/mol. The molecule has 0 amide bonds. The molecule has 0 aliphatic heterocycles. The SMILES string of the molecule is CCCCC(CC)COc1ccc(/C=C/C(=O)O)cc1. The molecule has 3 heteroatoms. The van der Waals surface area contributed by atoms with Gasteiger partial charge in [-0.1, -0.05) is 45.2 Å². The molecular formula is C17H24O3. The number of hydrogen-bond acceptors (Lipinski definition) is 2. The van der Waals surface area contributed by atoms with Crippen LogP contribution in [-0.2, 0) is 4.79 Å². The van der Waals surface area contributed by atoms with E-state index in [1.807, 2.05) is 24.3 Å². The lowest BCUT2D eigenvalue weighted by Crippen LogP contribution is -2.11. The molecule has 0 aliphatic carbocycles. The summed E-state index contributed by atoms with van der Waals surface area (Å²) < 4.78 is 5.80. The molecule has 0 aliphatic rings. The predicted octanol–water partition coefficient (Wildman–Crippen LogP) is 4.38. The minimum absolute atomic E-state index is 0.613.